The zero-order chi connectivity index (χ0) is 17.2. The fourth-order valence-corrected chi connectivity index (χ4v) is 3.18. The molecule has 0 N–H and O–H groups in total. The molecular formula is C18H13FN4OS. The van der Waals surface area contributed by atoms with Gasteiger partial charge in [-0.2, -0.15) is 9.61 Å². The SMILES string of the molecule is COc1ccccc1C=Cc1nn2c(-c3ccc(F)cc3)nnc2s1. The Labute approximate surface area is 147 Å². The summed E-state index contributed by atoms with van der Waals surface area (Å²) in [5, 5.41) is 13.6. The number of fused-ring (bicyclic) bond motifs is 1. The van der Waals surface area contributed by atoms with E-state index in [0.717, 1.165) is 21.9 Å². The van der Waals surface area contributed by atoms with Crippen molar-refractivity contribution in [1.29, 1.82) is 0 Å². The van der Waals surface area contributed by atoms with Gasteiger partial charge >= 0.3 is 0 Å². The van der Waals surface area contributed by atoms with Crippen LogP contribution in [0, 0.1) is 5.82 Å². The second-order valence-corrected chi connectivity index (χ2v) is 6.23. The minimum absolute atomic E-state index is 0.289. The molecule has 25 heavy (non-hydrogen) atoms. The highest BCUT2D eigenvalue weighted by molar-refractivity contribution is 7.17. The number of ether oxygens (including phenoxy) is 1. The maximum atomic E-state index is 13.1. The van der Waals surface area contributed by atoms with Gasteiger partial charge in [-0.1, -0.05) is 29.5 Å². The molecule has 0 unspecified atom stereocenters. The van der Waals surface area contributed by atoms with Gasteiger partial charge in [-0.3, -0.25) is 0 Å². The van der Waals surface area contributed by atoms with E-state index in [1.165, 1.54) is 23.5 Å². The Morgan fingerprint density at radius 1 is 1.04 bits per heavy atom. The quantitative estimate of drug-likeness (QED) is 0.553. The lowest BCUT2D eigenvalue weighted by molar-refractivity contribution is 0.414. The summed E-state index contributed by atoms with van der Waals surface area (Å²) in [7, 11) is 1.64. The lowest BCUT2D eigenvalue weighted by atomic mass is 10.2. The van der Waals surface area contributed by atoms with Gasteiger partial charge < -0.3 is 4.74 Å². The average Bonchev–Trinajstić information content (AvgIpc) is 3.21. The van der Waals surface area contributed by atoms with E-state index < -0.39 is 0 Å². The first-order valence-electron chi connectivity index (χ1n) is 7.54. The van der Waals surface area contributed by atoms with E-state index in [4.69, 9.17) is 4.74 Å². The highest BCUT2D eigenvalue weighted by Crippen LogP contribution is 2.24. The number of halogens is 1. The van der Waals surface area contributed by atoms with Gasteiger partial charge in [0.1, 0.15) is 16.6 Å². The molecule has 2 aromatic carbocycles. The van der Waals surface area contributed by atoms with Gasteiger partial charge in [0, 0.05) is 11.1 Å². The summed E-state index contributed by atoms with van der Waals surface area (Å²) in [6.45, 7) is 0. The summed E-state index contributed by atoms with van der Waals surface area (Å²) >= 11 is 1.43. The third kappa shape index (κ3) is 3.01. The van der Waals surface area contributed by atoms with Gasteiger partial charge in [-0.25, -0.2) is 4.39 Å². The lowest BCUT2D eigenvalue weighted by Crippen LogP contribution is -1.91. The Bertz CT molecular complexity index is 1050. The van der Waals surface area contributed by atoms with E-state index in [9.17, 15) is 4.39 Å². The molecule has 0 aliphatic heterocycles. The van der Waals surface area contributed by atoms with Gasteiger partial charge in [0.2, 0.25) is 4.96 Å². The number of para-hydroxylation sites is 1. The first-order valence-corrected chi connectivity index (χ1v) is 8.35. The van der Waals surface area contributed by atoms with Gasteiger partial charge in [-0.05, 0) is 42.5 Å². The zero-order valence-electron chi connectivity index (χ0n) is 13.3. The Morgan fingerprint density at radius 3 is 2.64 bits per heavy atom. The molecule has 0 aliphatic rings. The molecule has 4 aromatic rings. The van der Waals surface area contributed by atoms with Crippen LogP contribution in [0.4, 0.5) is 4.39 Å². The fourth-order valence-electron chi connectivity index (χ4n) is 2.44. The van der Waals surface area contributed by atoms with Crippen molar-refractivity contribution < 1.29 is 9.13 Å². The summed E-state index contributed by atoms with van der Waals surface area (Å²) in [5.74, 6) is 1.10. The number of rotatable bonds is 4. The molecule has 2 aromatic heterocycles. The second-order valence-electron chi connectivity index (χ2n) is 5.24. The van der Waals surface area contributed by atoms with Crippen molar-refractivity contribution in [3.63, 3.8) is 0 Å². The Hall–Kier alpha value is -3.06. The van der Waals surface area contributed by atoms with Crippen molar-refractivity contribution in [2.24, 2.45) is 0 Å². The molecule has 5 nitrogen and oxygen atoms in total. The van der Waals surface area contributed by atoms with Crippen LogP contribution in [-0.4, -0.2) is 26.9 Å². The predicted molar refractivity (Wildman–Crippen MR) is 96.0 cm³/mol. The summed E-state index contributed by atoms with van der Waals surface area (Å²) in [6.07, 6.45) is 3.85. The maximum Gasteiger partial charge on any atom is 0.235 e. The normalized spacial score (nSPS) is 11.4. The molecule has 0 aliphatic carbocycles. The number of methoxy groups -OCH3 is 1. The van der Waals surface area contributed by atoms with Crippen LogP contribution in [-0.2, 0) is 0 Å². The highest BCUT2D eigenvalue weighted by atomic mass is 32.1. The third-order valence-electron chi connectivity index (χ3n) is 3.65. The minimum atomic E-state index is -0.289. The summed E-state index contributed by atoms with van der Waals surface area (Å²) in [4.78, 5) is 0.680. The van der Waals surface area contributed by atoms with Crippen LogP contribution in [0.3, 0.4) is 0 Å². The summed E-state index contributed by atoms with van der Waals surface area (Å²) < 4.78 is 20.1. The van der Waals surface area contributed by atoms with E-state index in [1.807, 2.05) is 36.4 Å². The Morgan fingerprint density at radius 2 is 1.84 bits per heavy atom. The van der Waals surface area contributed by atoms with Gasteiger partial charge in [0.15, 0.2) is 5.82 Å². The van der Waals surface area contributed by atoms with Crippen LogP contribution < -0.4 is 4.74 Å². The van der Waals surface area contributed by atoms with Crippen LogP contribution in [0.2, 0.25) is 0 Å². The first kappa shape index (κ1) is 15.5. The molecule has 2 heterocycles. The first-order chi connectivity index (χ1) is 12.2. The van der Waals surface area contributed by atoms with Crippen LogP contribution >= 0.6 is 11.3 Å². The molecule has 0 saturated carbocycles. The molecule has 0 fully saturated rings. The average molecular weight is 352 g/mol. The standard InChI is InChI=1S/C18H13FN4OS/c1-24-15-5-3-2-4-12(15)8-11-16-22-23-17(20-21-18(23)25-16)13-6-9-14(19)10-7-13/h2-11H,1H3. The minimum Gasteiger partial charge on any atom is -0.496 e. The molecule has 0 spiro atoms. The molecule has 0 radical (unpaired) electrons. The van der Waals surface area contributed by atoms with E-state index in [0.29, 0.717) is 10.8 Å². The number of hydrogen-bond acceptors (Lipinski definition) is 5. The van der Waals surface area contributed by atoms with Crippen LogP contribution in [0.25, 0.3) is 28.5 Å². The summed E-state index contributed by atoms with van der Waals surface area (Å²) in [6, 6.07) is 13.9. The van der Waals surface area contributed by atoms with Gasteiger partial charge in [0.25, 0.3) is 0 Å². The highest BCUT2D eigenvalue weighted by Gasteiger charge is 2.12. The zero-order valence-corrected chi connectivity index (χ0v) is 14.1. The smallest absolute Gasteiger partial charge is 0.235 e. The fraction of sp³-hybridized carbons (Fsp3) is 0.0556. The van der Waals surface area contributed by atoms with Crippen molar-refractivity contribution in [3.8, 4) is 17.1 Å². The number of aromatic nitrogens is 4. The molecule has 0 atom stereocenters. The Kier molecular flexibility index (Phi) is 3.99. The number of nitrogens with zero attached hydrogens (tertiary/aromatic N) is 4. The van der Waals surface area contributed by atoms with Crippen molar-refractivity contribution in [2.45, 2.75) is 0 Å². The van der Waals surface area contributed by atoms with Crippen molar-refractivity contribution >= 4 is 28.4 Å². The van der Waals surface area contributed by atoms with Crippen LogP contribution in [0.1, 0.15) is 10.6 Å². The molecular weight excluding hydrogens is 339 g/mol. The Balaban J connectivity index is 1.68. The van der Waals surface area contributed by atoms with E-state index in [2.05, 4.69) is 15.3 Å². The van der Waals surface area contributed by atoms with Gasteiger partial charge in [0.05, 0.1) is 7.11 Å². The molecule has 0 bridgehead atoms. The molecule has 0 saturated heterocycles. The molecule has 124 valence electrons. The van der Waals surface area contributed by atoms with Gasteiger partial charge in [-0.15, -0.1) is 10.2 Å². The van der Waals surface area contributed by atoms with E-state index >= 15 is 0 Å². The van der Waals surface area contributed by atoms with E-state index in [1.54, 1.807) is 23.8 Å². The van der Waals surface area contributed by atoms with E-state index in [-0.39, 0.29) is 5.82 Å². The monoisotopic (exact) mass is 352 g/mol. The van der Waals surface area contributed by atoms with Crippen molar-refractivity contribution in [1.82, 2.24) is 19.8 Å². The van der Waals surface area contributed by atoms with Crippen molar-refractivity contribution in [3.05, 3.63) is 64.9 Å². The number of benzene rings is 2. The lowest BCUT2D eigenvalue weighted by Gasteiger charge is -2.02. The number of hydrogen-bond donors (Lipinski definition) is 0. The second kappa shape index (κ2) is 6.45. The van der Waals surface area contributed by atoms with Crippen molar-refractivity contribution in [2.75, 3.05) is 7.11 Å². The molecule has 4 rings (SSSR count). The largest absolute Gasteiger partial charge is 0.496 e. The molecule has 7 heteroatoms. The summed E-state index contributed by atoms with van der Waals surface area (Å²) in [5.41, 5.74) is 1.73. The van der Waals surface area contributed by atoms with Crippen LogP contribution in [0.5, 0.6) is 5.75 Å². The predicted octanol–water partition coefficient (Wildman–Crippen LogP) is 4.17. The van der Waals surface area contributed by atoms with Crippen LogP contribution in [0.15, 0.2) is 48.5 Å². The maximum absolute atomic E-state index is 13.1. The molecule has 0 amide bonds. The third-order valence-corrected chi connectivity index (χ3v) is 4.52. The topological polar surface area (TPSA) is 52.3 Å².